The number of thioether (sulfide) groups is 1. The number of carbonyl (C=O) groups excluding carboxylic acids is 1. The van der Waals surface area contributed by atoms with Gasteiger partial charge in [-0.1, -0.05) is 36.9 Å². The fourth-order valence-corrected chi connectivity index (χ4v) is 2.05. The van der Waals surface area contributed by atoms with Crippen molar-refractivity contribution in [3.63, 3.8) is 0 Å². The molecule has 0 aliphatic heterocycles. The van der Waals surface area contributed by atoms with E-state index in [-0.39, 0.29) is 17.6 Å². The van der Waals surface area contributed by atoms with Gasteiger partial charge < -0.3 is 4.42 Å². The van der Waals surface area contributed by atoms with Gasteiger partial charge in [-0.3, -0.25) is 10.1 Å². The molecule has 96 valence electrons. The molecule has 0 spiro atoms. The van der Waals surface area contributed by atoms with Crippen molar-refractivity contribution < 1.29 is 9.21 Å². The highest BCUT2D eigenvalue weighted by molar-refractivity contribution is 7.99. The smallest absolute Gasteiger partial charge is 0.277 e. The van der Waals surface area contributed by atoms with Crippen LogP contribution in [0.5, 0.6) is 0 Å². The molecule has 0 aromatic carbocycles. The molecule has 2 aromatic rings. The second kappa shape index (κ2) is 5.91. The summed E-state index contributed by atoms with van der Waals surface area (Å²) >= 11 is 2.46. The van der Waals surface area contributed by atoms with Gasteiger partial charge >= 0.3 is 0 Å². The molecule has 0 fully saturated rings. The molecule has 0 aliphatic carbocycles. The molecule has 1 N–H and O–H groups in total. The zero-order valence-corrected chi connectivity index (χ0v) is 11.4. The summed E-state index contributed by atoms with van der Waals surface area (Å²) in [7, 11) is 0. The summed E-state index contributed by atoms with van der Waals surface area (Å²) < 4.78 is 5.37. The number of aromatic nitrogens is 4. The molecule has 0 unspecified atom stereocenters. The average molecular weight is 285 g/mol. The molecule has 2 aromatic heterocycles. The highest BCUT2D eigenvalue weighted by Crippen LogP contribution is 2.20. The highest BCUT2D eigenvalue weighted by atomic mass is 32.2. The molecule has 0 saturated heterocycles. The van der Waals surface area contributed by atoms with Crippen LogP contribution in [0.15, 0.2) is 15.2 Å². The van der Waals surface area contributed by atoms with Crippen molar-refractivity contribution in [3.05, 3.63) is 11.4 Å². The molecular formula is C9H11N5O2S2. The first-order valence-corrected chi connectivity index (χ1v) is 7.04. The Morgan fingerprint density at radius 2 is 2.33 bits per heavy atom. The first-order chi connectivity index (χ1) is 8.65. The summed E-state index contributed by atoms with van der Waals surface area (Å²) in [6.45, 7) is 3.92. The SMILES string of the molecule is CC(C)c1nnc(SCC(=O)Nc2nncs2)o1. The largest absolute Gasteiger partial charge is 0.416 e. The maximum absolute atomic E-state index is 11.5. The number of nitrogens with one attached hydrogen (secondary N) is 1. The molecule has 0 aliphatic rings. The lowest BCUT2D eigenvalue weighted by atomic mass is 10.2. The Balaban J connectivity index is 1.81. The number of nitrogens with zero attached hydrogens (tertiary/aromatic N) is 4. The van der Waals surface area contributed by atoms with Crippen LogP contribution in [0.4, 0.5) is 5.13 Å². The van der Waals surface area contributed by atoms with Crippen molar-refractivity contribution in [3.8, 4) is 0 Å². The number of hydrogen-bond donors (Lipinski definition) is 1. The van der Waals surface area contributed by atoms with E-state index in [4.69, 9.17) is 4.42 Å². The standard InChI is InChI=1S/C9H11N5O2S2/c1-5(2)7-12-14-9(16-7)17-3-6(15)11-8-13-10-4-18-8/h4-5H,3H2,1-2H3,(H,11,13,15). The topological polar surface area (TPSA) is 93.8 Å². The first-order valence-electron chi connectivity index (χ1n) is 5.17. The molecule has 7 nitrogen and oxygen atoms in total. The van der Waals surface area contributed by atoms with E-state index < -0.39 is 0 Å². The van der Waals surface area contributed by atoms with E-state index in [2.05, 4.69) is 25.7 Å². The number of rotatable bonds is 5. The number of carbonyl (C=O) groups is 1. The minimum Gasteiger partial charge on any atom is -0.416 e. The molecule has 0 atom stereocenters. The molecular weight excluding hydrogens is 274 g/mol. The highest BCUT2D eigenvalue weighted by Gasteiger charge is 2.12. The zero-order valence-electron chi connectivity index (χ0n) is 9.78. The minimum absolute atomic E-state index is 0.180. The van der Waals surface area contributed by atoms with Gasteiger partial charge in [0.05, 0.1) is 5.75 Å². The van der Waals surface area contributed by atoms with E-state index >= 15 is 0 Å². The molecule has 0 saturated carbocycles. The van der Waals surface area contributed by atoms with Crippen LogP contribution in [0.25, 0.3) is 0 Å². The van der Waals surface area contributed by atoms with E-state index in [0.29, 0.717) is 16.2 Å². The number of amides is 1. The molecule has 0 bridgehead atoms. The summed E-state index contributed by atoms with van der Waals surface area (Å²) in [4.78, 5) is 11.5. The van der Waals surface area contributed by atoms with Crippen LogP contribution >= 0.6 is 23.1 Å². The Morgan fingerprint density at radius 1 is 1.50 bits per heavy atom. The van der Waals surface area contributed by atoms with E-state index in [1.165, 1.54) is 23.1 Å². The van der Waals surface area contributed by atoms with Gasteiger partial charge in [0.1, 0.15) is 5.51 Å². The van der Waals surface area contributed by atoms with Crippen LogP contribution in [0.3, 0.4) is 0 Å². The molecule has 18 heavy (non-hydrogen) atoms. The fourth-order valence-electron chi connectivity index (χ4n) is 1.02. The summed E-state index contributed by atoms with van der Waals surface area (Å²) in [6.07, 6.45) is 0. The lowest BCUT2D eigenvalue weighted by Gasteiger charge is -1.98. The van der Waals surface area contributed by atoms with Gasteiger partial charge in [-0.25, -0.2) is 0 Å². The average Bonchev–Trinajstić information content (AvgIpc) is 2.96. The van der Waals surface area contributed by atoms with Crippen molar-refractivity contribution >= 4 is 34.1 Å². The van der Waals surface area contributed by atoms with Crippen molar-refractivity contribution in [2.45, 2.75) is 25.0 Å². The zero-order chi connectivity index (χ0) is 13.0. The Bertz CT molecular complexity index is 511. The fraction of sp³-hybridized carbons (Fsp3) is 0.444. The molecule has 0 radical (unpaired) electrons. The van der Waals surface area contributed by atoms with Crippen LogP contribution in [-0.2, 0) is 4.79 Å². The third-order valence-electron chi connectivity index (χ3n) is 1.85. The molecule has 2 rings (SSSR count). The third kappa shape index (κ3) is 3.50. The van der Waals surface area contributed by atoms with E-state index in [9.17, 15) is 4.79 Å². The van der Waals surface area contributed by atoms with Crippen LogP contribution in [0, 0.1) is 0 Å². The Labute approximate surface area is 111 Å². The molecule has 1 amide bonds. The summed E-state index contributed by atoms with van der Waals surface area (Å²) in [5.41, 5.74) is 1.55. The van der Waals surface area contributed by atoms with Gasteiger partial charge in [-0.2, -0.15) is 0 Å². The second-order valence-electron chi connectivity index (χ2n) is 3.64. The van der Waals surface area contributed by atoms with Crippen LogP contribution in [-0.4, -0.2) is 32.1 Å². The van der Waals surface area contributed by atoms with Gasteiger partial charge in [0, 0.05) is 5.92 Å². The minimum atomic E-state index is -0.180. The normalized spacial score (nSPS) is 10.8. The van der Waals surface area contributed by atoms with Gasteiger partial charge in [0.15, 0.2) is 0 Å². The predicted molar refractivity (Wildman–Crippen MR) is 67.6 cm³/mol. The maximum Gasteiger partial charge on any atom is 0.277 e. The number of hydrogen-bond acceptors (Lipinski definition) is 8. The Morgan fingerprint density at radius 3 is 2.94 bits per heavy atom. The second-order valence-corrected chi connectivity index (χ2v) is 5.40. The quantitative estimate of drug-likeness (QED) is 0.837. The van der Waals surface area contributed by atoms with Gasteiger partial charge in [0.25, 0.3) is 5.22 Å². The lowest BCUT2D eigenvalue weighted by Crippen LogP contribution is -2.13. The van der Waals surface area contributed by atoms with Crippen molar-refractivity contribution in [2.24, 2.45) is 0 Å². The lowest BCUT2D eigenvalue weighted by molar-refractivity contribution is -0.113. The van der Waals surface area contributed by atoms with Crippen LogP contribution in [0.1, 0.15) is 25.7 Å². The van der Waals surface area contributed by atoms with E-state index in [0.717, 1.165) is 0 Å². The van der Waals surface area contributed by atoms with Crippen molar-refractivity contribution in [1.29, 1.82) is 0 Å². The van der Waals surface area contributed by atoms with Crippen molar-refractivity contribution in [2.75, 3.05) is 11.1 Å². The summed E-state index contributed by atoms with van der Waals surface area (Å²) in [5.74, 6) is 0.768. The summed E-state index contributed by atoms with van der Waals surface area (Å²) in [6, 6.07) is 0. The van der Waals surface area contributed by atoms with Crippen molar-refractivity contribution in [1.82, 2.24) is 20.4 Å². The maximum atomic E-state index is 11.5. The van der Waals surface area contributed by atoms with E-state index in [1.807, 2.05) is 13.8 Å². The van der Waals surface area contributed by atoms with Gasteiger partial charge in [-0.15, -0.1) is 20.4 Å². The van der Waals surface area contributed by atoms with Crippen LogP contribution in [0.2, 0.25) is 0 Å². The summed E-state index contributed by atoms with van der Waals surface area (Å²) in [5, 5.41) is 18.6. The van der Waals surface area contributed by atoms with Gasteiger partial charge in [-0.05, 0) is 0 Å². The molecule has 2 heterocycles. The third-order valence-corrected chi connectivity index (χ3v) is 3.27. The Kier molecular flexibility index (Phi) is 4.26. The predicted octanol–water partition coefficient (Wildman–Crippen LogP) is 1.78. The first kappa shape index (κ1) is 13.0. The molecule has 9 heteroatoms. The monoisotopic (exact) mass is 285 g/mol. The number of anilines is 1. The van der Waals surface area contributed by atoms with Crippen LogP contribution < -0.4 is 5.32 Å². The Hall–Kier alpha value is -1.48. The van der Waals surface area contributed by atoms with E-state index in [1.54, 1.807) is 5.51 Å². The van der Waals surface area contributed by atoms with Gasteiger partial charge in [0.2, 0.25) is 16.9 Å².